The number of nitrogens with zero attached hydrogens (tertiary/aromatic N) is 1. The van der Waals surface area contributed by atoms with Gasteiger partial charge in [-0.2, -0.15) is 0 Å². The zero-order valence-electron chi connectivity index (χ0n) is 16.4. The zero-order chi connectivity index (χ0) is 19.5. The largest absolute Gasteiger partial charge is 0.385 e. The highest BCUT2D eigenvalue weighted by molar-refractivity contribution is 6.31. The number of amidine groups is 1. The molecule has 3 nitrogen and oxygen atoms in total. The maximum Gasteiger partial charge on any atom is 0.128 e. The lowest BCUT2D eigenvalue weighted by atomic mass is 9.85. The summed E-state index contributed by atoms with van der Waals surface area (Å²) in [6.45, 7) is 4.56. The summed E-state index contributed by atoms with van der Waals surface area (Å²) in [4.78, 5) is 4.72. The highest BCUT2D eigenvalue weighted by Crippen LogP contribution is 2.39. The molecule has 0 atom stereocenters. The molecular formula is C24H25ClN2O. The van der Waals surface area contributed by atoms with Crippen molar-refractivity contribution >= 4 is 28.2 Å². The van der Waals surface area contributed by atoms with Gasteiger partial charge in [0.25, 0.3) is 0 Å². The van der Waals surface area contributed by atoms with Gasteiger partial charge in [-0.1, -0.05) is 48.0 Å². The summed E-state index contributed by atoms with van der Waals surface area (Å²) in [5.41, 5.74) is 6.08. The number of aliphatic imine (C=N–C) groups is 1. The summed E-state index contributed by atoms with van der Waals surface area (Å²) < 4.78 is 5.34. The maximum atomic E-state index is 6.50. The predicted molar refractivity (Wildman–Crippen MR) is 119 cm³/mol. The molecule has 1 aliphatic heterocycles. The minimum absolute atomic E-state index is 0.736. The Morgan fingerprint density at radius 1 is 1.11 bits per heavy atom. The minimum Gasteiger partial charge on any atom is -0.385 e. The number of benzene rings is 3. The van der Waals surface area contributed by atoms with Crippen LogP contribution in [0.5, 0.6) is 0 Å². The fourth-order valence-electron chi connectivity index (χ4n) is 4.02. The molecule has 3 aromatic carbocycles. The maximum absolute atomic E-state index is 6.50. The number of hydrogen-bond donors (Lipinski definition) is 1. The van der Waals surface area contributed by atoms with Crippen molar-refractivity contribution in [3.8, 4) is 11.1 Å². The van der Waals surface area contributed by atoms with Gasteiger partial charge in [-0.3, -0.25) is 4.99 Å². The number of methoxy groups -OCH3 is 1. The highest BCUT2D eigenvalue weighted by Gasteiger charge is 2.21. The number of fused-ring (bicyclic) bond motifs is 1. The molecule has 0 spiro atoms. The number of rotatable bonds is 6. The first-order valence-electron chi connectivity index (χ1n) is 9.78. The standard InChI is InChI=1S/C24H25ClN2O/c1-16-18(9-5-11-22(16)25)23-19-8-4-3-7-17(19)15-21(24-26-12-13-27-24)20(23)10-6-14-28-2/h3-5,7-9,11,15H,6,10,12-14H2,1-2H3,(H,26,27). The van der Waals surface area contributed by atoms with Crippen LogP contribution in [0, 0.1) is 6.92 Å². The van der Waals surface area contributed by atoms with Gasteiger partial charge < -0.3 is 10.1 Å². The van der Waals surface area contributed by atoms with Crippen molar-refractivity contribution in [2.75, 3.05) is 26.8 Å². The van der Waals surface area contributed by atoms with Gasteiger partial charge in [-0.25, -0.2) is 0 Å². The number of ether oxygens (including phenoxy) is 1. The van der Waals surface area contributed by atoms with Gasteiger partial charge in [0.15, 0.2) is 0 Å². The number of hydrogen-bond acceptors (Lipinski definition) is 3. The van der Waals surface area contributed by atoms with Crippen molar-refractivity contribution in [2.24, 2.45) is 4.99 Å². The molecule has 0 aliphatic carbocycles. The van der Waals surface area contributed by atoms with E-state index < -0.39 is 0 Å². The van der Waals surface area contributed by atoms with Crippen LogP contribution in [0.4, 0.5) is 0 Å². The summed E-state index contributed by atoms with van der Waals surface area (Å²) in [5, 5.41) is 6.74. The molecular weight excluding hydrogens is 368 g/mol. The second-order valence-corrected chi connectivity index (χ2v) is 7.57. The van der Waals surface area contributed by atoms with Gasteiger partial charge in [0.1, 0.15) is 5.84 Å². The van der Waals surface area contributed by atoms with E-state index in [-0.39, 0.29) is 0 Å². The summed E-state index contributed by atoms with van der Waals surface area (Å²) in [6.07, 6.45) is 1.89. The minimum atomic E-state index is 0.736. The molecule has 1 N–H and O–H groups in total. The molecule has 0 amide bonds. The van der Waals surface area contributed by atoms with Crippen LogP contribution in [0.2, 0.25) is 5.02 Å². The van der Waals surface area contributed by atoms with E-state index >= 15 is 0 Å². The Balaban J connectivity index is 2.03. The first kappa shape index (κ1) is 19.0. The van der Waals surface area contributed by atoms with Crippen LogP contribution >= 0.6 is 11.6 Å². The smallest absolute Gasteiger partial charge is 0.128 e. The van der Waals surface area contributed by atoms with E-state index in [4.69, 9.17) is 21.3 Å². The van der Waals surface area contributed by atoms with Crippen LogP contribution < -0.4 is 5.32 Å². The van der Waals surface area contributed by atoms with E-state index in [1.807, 2.05) is 12.1 Å². The quantitative estimate of drug-likeness (QED) is 0.570. The van der Waals surface area contributed by atoms with Gasteiger partial charge in [0.2, 0.25) is 0 Å². The van der Waals surface area contributed by atoms with E-state index in [9.17, 15) is 0 Å². The highest BCUT2D eigenvalue weighted by atomic mass is 35.5. The average molecular weight is 393 g/mol. The first-order chi connectivity index (χ1) is 13.7. The molecule has 4 rings (SSSR count). The van der Waals surface area contributed by atoms with Crippen molar-refractivity contribution in [1.82, 2.24) is 5.32 Å². The molecule has 4 heteroatoms. The first-order valence-corrected chi connectivity index (χ1v) is 10.2. The molecule has 0 fully saturated rings. The molecule has 0 saturated heterocycles. The van der Waals surface area contributed by atoms with Crippen LogP contribution in [-0.2, 0) is 11.2 Å². The summed E-state index contributed by atoms with van der Waals surface area (Å²) in [7, 11) is 1.76. The van der Waals surface area contributed by atoms with Gasteiger partial charge >= 0.3 is 0 Å². The van der Waals surface area contributed by atoms with Crippen molar-refractivity contribution in [1.29, 1.82) is 0 Å². The van der Waals surface area contributed by atoms with Crippen LogP contribution in [0.1, 0.15) is 23.1 Å². The Labute approximate surface area is 171 Å². The average Bonchev–Trinajstić information content (AvgIpc) is 3.24. The van der Waals surface area contributed by atoms with E-state index in [1.54, 1.807) is 7.11 Å². The fraction of sp³-hybridized carbons (Fsp3) is 0.292. The molecule has 0 bridgehead atoms. The molecule has 0 unspecified atom stereocenters. The number of halogens is 1. The van der Waals surface area contributed by atoms with E-state index in [0.717, 1.165) is 49.0 Å². The SMILES string of the molecule is COCCCc1c(C2=NCCN2)cc2ccccc2c1-c1cccc(Cl)c1C. The molecule has 1 heterocycles. The third kappa shape index (κ3) is 3.52. The van der Waals surface area contributed by atoms with Gasteiger partial charge in [0, 0.05) is 30.8 Å². The molecule has 144 valence electrons. The van der Waals surface area contributed by atoms with Crippen molar-refractivity contribution in [2.45, 2.75) is 19.8 Å². The van der Waals surface area contributed by atoms with Gasteiger partial charge in [0.05, 0.1) is 6.54 Å². The Morgan fingerprint density at radius 3 is 2.75 bits per heavy atom. The van der Waals surface area contributed by atoms with Crippen LogP contribution in [-0.4, -0.2) is 32.6 Å². The monoisotopic (exact) mass is 392 g/mol. The Kier molecular flexibility index (Phi) is 5.65. The van der Waals surface area contributed by atoms with E-state index in [2.05, 4.69) is 48.6 Å². The Morgan fingerprint density at radius 2 is 1.96 bits per heavy atom. The molecule has 28 heavy (non-hydrogen) atoms. The lowest BCUT2D eigenvalue weighted by Gasteiger charge is -2.20. The van der Waals surface area contributed by atoms with Crippen molar-refractivity contribution in [3.63, 3.8) is 0 Å². The molecule has 0 radical (unpaired) electrons. The Hall–Kier alpha value is -2.36. The predicted octanol–water partition coefficient (Wildman–Crippen LogP) is 5.40. The molecule has 1 aliphatic rings. The second-order valence-electron chi connectivity index (χ2n) is 7.16. The van der Waals surface area contributed by atoms with Crippen molar-refractivity contribution < 1.29 is 4.74 Å². The second kappa shape index (κ2) is 8.34. The molecule has 0 aromatic heterocycles. The van der Waals surface area contributed by atoms with Crippen LogP contribution in [0.25, 0.3) is 21.9 Å². The molecule has 3 aromatic rings. The van der Waals surface area contributed by atoms with E-state index in [0.29, 0.717) is 0 Å². The van der Waals surface area contributed by atoms with Gasteiger partial charge in [-0.15, -0.1) is 0 Å². The van der Waals surface area contributed by atoms with Crippen molar-refractivity contribution in [3.05, 3.63) is 70.2 Å². The lowest BCUT2D eigenvalue weighted by molar-refractivity contribution is 0.195. The number of nitrogens with one attached hydrogen (secondary N) is 1. The van der Waals surface area contributed by atoms with E-state index in [1.165, 1.54) is 33.0 Å². The van der Waals surface area contributed by atoms with Gasteiger partial charge in [-0.05, 0) is 64.9 Å². The lowest BCUT2D eigenvalue weighted by Crippen LogP contribution is -2.21. The topological polar surface area (TPSA) is 33.6 Å². The summed E-state index contributed by atoms with van der Waals surface area (Å²) >= 11 is 6.50. The zero-order valence-corrected chi connectivity index (χ0v) is 17.1. The third-order valence-electron chi connectivity index (χ3n) is 5.40. The summed E-state index contributed by atoms with van der Waals surface area (Å²) in [5.74, 6) is 0.999. The summed E-state index contributed by atoms with van der Waals surface area (Å²) in [6, 6.07) is 17.0. The third-order valence-corrected chi connectivity index (χ3v) is 5.81. The van der Waals surface area contributed by atoms with Crippen LogP contribution in [0.15, 0.2) is 53.5 Å². The van der Waals surface area contributed by atoms with Crippen LogP contribution in [0.3, 0.4) is 0 Å². The fourth-order valence-corrected chi connectivity index (χ4v) is 4.19. The molecule has 0 saturated carbocycles. The normalized spacial score (nSPS) is 13.6. The Bertz CT molecular complexity index is 1040.